The number of likely N-dealkylation sites (N-methyl/N-ethyl adjacent to an activating group) is 1. The summed E-state index contributed by atoms with van der Waals surface area (Å²) in [6, 6.07) is 0. The molecule has 0 atom stereocenters. The molecule has 1 saturated carbocycles. The van der Waals surface area contributed by atoms with Crippen LogP contribution in [0, 0.1) is 0 Å². The minimum absolute atomic E-state index is 0.246. The maximum atomic E-state index is 12.7. The fraction of sp³-hybridized carbons (Fsp3) is 0.923. The highest BCUT2D eigenvalue weighted by Crippen LogP contribution is 2.30. The number of hydrogen-bond donors (Lipinski definition) is 2. The SMILES string of the molecule is CCNC1(C(=O)N2CCNCC2)CCCCC1. The minimum atomic E-state index is -0.246. The minimum Gasteiger partial charge on any atom is -0.339 e. The number of nitrogens with zero attached hydrogens (tertiary/aromatic N) is 1. The van der Waals surface area contributed by atoms with Crippen molar-refractivity contribution in [3.05, 3.63) is 0 Å². The Morgan fingerprint density at radius 3 is 2.47 bits per heavy atom. The Hall–Kier alpha value is -0.610. The number of rotatable bonds is 3. The van der Waals surface area contributed by atoms with E-state index in [4.69, 9.17) is 0 Å². The zero-order valence-electron chi connectivity index (χ0n) is 10.9. The zero-order valence-corrected chi connectivity index (χ0v) is 10.9. The quantitative estimate of drug-likeness (QED) is 0.763. The van der Waals surface area contributed by atoms with Gasteiger partial charge in [-0.3, -0.25) is 4.79 Å². The summed E-state index contributed by atoms with van der Waals surface area (Å²) >= 11 is 0. The van der Waals surface area contributed by atoms with Gasteiger partial charge in [0.15, 0.2) is 0 Å². The molecule has 0 unspecified atom stereocenters. The van der Waals surface area contributed by atoms with Crippen molar-refractivity contribution in [3.63, 3.8) is 0 Å². The monoisotopic (exact) mass is 239 g/mol. The molecule has 0 bridgehead atoms. The first-order valence-corrected chi connectivity index (χ1v) is 7.04. The molecule has 1 aliphatic heterocycles. The molecule has 1 amide bonds. The Labute approximate surface area is 104 Å². The topological polar surface area (TPSA) is 44.4 Å². The molecule has 0 aromatic heterocycles. The Kier molecular flexibility index (Phi) is 4.40. The molecule has 0 radical (unpaired) electrons. The number of carbonyl (C=O) groups excluding carboxylic acids is 1. The van der Waals surface area contributed by atoms with Crippen LogP contribution in [0.25, 0.3) is 0 Å². The number of amides is 1. The highest BCUT2D eigenvalue weighted by atomic mass is 16.2. The molecule has 0 aromatic carbocycles. The van der Waals surface area contributed by atoms with Crippen molar-refractivity contribution in [1.82, 2.24) is 15.5 Å². The highest BCUT2D eigenvalue weighted by molar-refractivity contribution is 5.86. The van der Waals surface area contributed by atoms with Crippen LogP contribution in [0.1, 0.15) is 39.0 Å². The molecule has 1 heterocycles. The molecule has 2 rings (SSSR count). The summed E-state index contributed by atoms with van der Waals surface area (Å²) in [7, 11) is 0. The molecular formula is C13H25N3O. The third kappa shape index (κ3) is 2.80. The number of hydrogen-bond acceptors (Lipinski definition) is 3. The van der Waals surface area contributed by atoms with Gasteiger partial charge in [-0.25, -0.2) is 0 Å². The van der Waals surface area contributed by atoms with E-state index in [1.807, 2.05) is 4.90 Å². The summed E-state index contributed by atoms with van der Waals surface area (Å²) in [5.41, 5.74) is -0.246. The Morgan fingerprint density at radius 2 is 1.88 bits per heavy atom. The van der Waals surface area contributed by atoms with Gasteiger partial charge in [-0.2, -0.15) is 0 Å². The van der Waals surface area contributed by atoms with Crippen LogP contribution in [-0.4, -0.2) is 49.1 Å². The van der Waals surface area contributed by atoms with Crippen molar-refractivity contribution in [2.45, 2.75) is 44.6 Å². The molecular weight excluding hydrogens is 214 g/mol. The lowest BCUT2D eigenvalue weighted by Crippen LogP contribution is -2.61. The van der Waals surface area contributed by atoms with Crippen molar-refractivity contribution < 1.29 is 4.79 Å². The van der Waals surface area contributed by atoms with Crippen LogP contribution in [0.15, 0.2) is 0 Å². The second-order valence-corrected chi connectivity index (χ2v) is 5.22. The molecule has 2 fully saturated rings. The average molecular weight is 239 g/mol. The lowest BCUT2D eigenvalue weighted by molar-refractivity contribution is -0.140. The molecule has 17 heavy (non-hydrogen) atoms. The van der Waals surface area contributed by atoms with Crippen LogP contribution in [0.5, 0.6) is 0 Å². The van der Waals surface area contributed by atoms with Crippen LogP contribution < -0.4 is 10.6 Å². The van der Waals surface area contributed by atoms with Gasteiger partial charge in [0.2, 0.25) is 5.91 Å². The van der Waals surface area contributed by atoms with Crippen molar-refractivity contribution in [3.8, 4) is 0 Å². The lowest BCUT2D eigenvalue weighted by atomic mass is 9.80. The predicted octanol–water partition coefficient (Wildman–Crippen LogP) is 0.731. The Morgan fingerprint density at radius 1 is 1.24 bits per heavy atom. The molecule has 4 nitrogen and oxygen atoms in total. The summed E-state index contributed by atoms with van der Waals surface area (Å²) in [5, 5.41) is 6.79. The highest BCUT2D eigenvalue weighted by Gasteiger charge is 2.41. The van der Waals surface area contributed by atoms with Gasteiger partial charge in [-0.1, -0.05) is 26.2 Å². The second-order valence-electron chi connectivity index (χ2n) is 5.22. The van der Waals surface area contributed by atoms with E-state index in [2.05, 4.69) is 17.6 Å². The third-order valence-electron chi connectivity index (χ3n) is 4.04. The van der Waals surface area contributed by atoms with Crippen molar-refractivity contribution in [2.75, 3.05) is 32.7 Å². The van der Waals surface area contributed by atoms with Gasteiger partial charge in [0, 0.05) is 26.2 Å². The van der Waals surface area contributed by atoms with Crippen molar-refractivity contribution in [2.24, 2.45) is 0 Å². The van der Waals surface area contributed by atoms with Gasteiger partial charge < -0.3 is 15.5 Å². The summed E-state index contributed by atoms with van der Waals surface area (Å²) in [4.78, 5) is 14.7. The molecule has 1 aliphatic carbocycles. The summed E-state index contributed by atoms with van der Waals surface area (Å²) in [6.45, 7) is 6.60. The van der Waals surface area contributed by atoms with Gasteiger partial charge in [0.25, 0.3) is 0 Å². The van der Waals surface area contributed by atoms with Gasteiger partial charge in [-0.15, -0.1) is 0 Å². The van der Waals surface area contributed by atoms with Crippen molar-refractivity contribution >= 4 is 5.91 Å². The van der Waals surface area contributed by atoms with Crippen LogP contribution in [0.3, 0.4) is 0 Å². The summed E-state index contributed by atoms with van der Waals surface area (Å²) < 4.78 is 0. The summed E-state index contributed by atoms with van der Waals surface area (Å²) in [5.74, 6) is 0.348. The lowest BCUT2D eigenvalue weighted by Gasteiger charge is -2.41. The molecule has 1 saturated heterocycles. The Bertz CT molecular complexity index is 250. The Balaban J connectivity index is 2.05. The second kappa shape index (κ2) is 5.83. The molecule has 0 aromatic rings. The fourth-order valence-electron chi connectivity index (χ4n) is 3.13. The standard InChI is InChI=1S/C13H25N3O/c1-2-15-13(6-4-3-5-7-13)12(17)16-10-8-14-9-11-16/h14-15H,2-11H2,1H3. The molecule has 98 valence electrons. The van der Waals surface area contributed by atoms with Gasteiger partial charge in [-0.05, 0) is 19.4 Å². The van der Waals surface area contributed by atoms with E-state index in [1.54, 1.807) is 0 Å². The fourth-order valence-corrected chi connectivity index (χ4v) is 3.13. The van der Waals surface area contributed by atoms with E-state index in [-0.39, 0.29) is 5.54 Å². The van der Waals surface area contributed by atoms with Crippen LogP contribution in [0.4, 0.5) is 0 Å². The first-order valence-electron chi connectivity index (χ1n) is 7.04. The van der Waals surface area contributed by atoms with E-state index in [0.29, 0.717) is 5.91 Å². The molecule has 2 aliphatic rings. The van der Waals surface area contributed by atoms with E-state index in [1.165, 1.54) is 19.3 Å². The van der Waals surface area contributed by atoms with Crippen LogP contribution in [-0.2, 0) is 4.79 Å². The number of carbonyl (C=O) groups is 1. The van der Waals surface area contributed by atoms with Crippen molar-refractivity contribution in [1.29, 1.82) is 0 Å². The molecule has 0 spiro atoms. The smallest absolute Gasteiger partial charge is 0.242 e. The first-order chi connectivity index (χ1) is 8.28. The maximum absolute atomic E-state index is 12.7. The molecule has 2 N–H and O–H groups in total. The first kappa shape index (κ1) is 12.8. The van der Waals surface area contributed by atoms with Gasteiger partial charge in [0.05, 0.1) is 5.54 Å². The summed E-state index contributed by atoms with van der Waals surface area (Å²) in [6.07, 6.45) is 5.69. The van der Waals surface area contributed by atoms with Gasteiger partial charge >= 0.3 is 0 Å². The van der Waals surface area contributed by atoms with E-state index in [9.17, 15) is 4.79 Å². The number of nitrogens with one attached hydrogen (secondary N) is 2. The van der Waals surface area contributed by atoms with Crippen LogP contribution in [0.2, 0.25) is 0 Å². The van der Waals surface area contributed by atoms with Crippen LogP contribution >= 0.6 is 0 Å². The number of piperazine rings is 1. The maximum Gasteiger partial charge on any atom is 0.242 e. The van der Waals surface area contributed by atoms with Gasteiger partial charge in [0.1, 0.15) is 0 Å². The predicted molar refractivity (Wildman–Crippen MR) is 68.9 cm³/mol. The third-order valence-corrected chi connectivity index (χ3v) is 4.04. The normalized spacial score (nSPS) is 24.6. The van der Waals surface area contributed by atoms with E-state index >= 15 is 0 Å². The molecule has 4 heteroatoms. The van der Waals surface area contributed by atoms with E-state index in [0.717, 1.165) is 45.6 Å². The average Bonchev–Trinajstić information content (AvgIpc) is 2.40. The van der Waals surface area contributed by atoms with E-state index < -0.39 is 0 Å². The zero-order chi connectivity index (χ0) is 12.1. The largest absolute Gasteiger partial charge is 0.339 e.